The molecule has 0 bridgehead atoms. The van der Waals surface area contributed by atoms with Gasteiger partial charge >= 0.3 is 0 Å². The van der Waals surface area contributed by atoms with Gasteiger partial charge in [0.25, 0.3) is 0 Å². The summed E-state index contributed by atoms with van der Waals surface area (Å²) in [4.78, 5) is 10.9. The molecule has 0 heterocycles. The Morgan fingerprint density at radius 1 is 1.29 bits per heavy atom. The molecular formula is C18H22N2O. The number of nitrogens with one attached hydrogen (secondary N) is 1. The summed E-state index contributed by atoms with van der Waals surface area (Å²) in [6.07, 6.45) is 9.51. The molecule has 110 valence electrons. The van der Waals surface area contributed by atoms with Crippen LogP contribution in [-0.4, -0.2) is 12.5 Å². The highest BCUT2D eigenvalue weighted by molar-refractivity contribution is 5.76. The lowest BCUT2D eigenvalue weighted by Gasteiger charge is -2.21. The summed E-state index contributed by atoms with van der Waals surface area (Å²) in [5.41, 5.74) is 10.1. The molecule has 1 aliphatic rings. The van der Waals surface area contributed by atoms with Crippen LogP contribution in [0, 0.1) is 0 Å². The average Bonchev–Trinajstić information content (AvgIpc) is 2.49. The van der Waals surface area contributed by atoms with E-state index in [0.29, 0.717) is 0 Å². The van der Waals surface area contributed by atoms with Gasteiger partial charge in [0.05, 0.1) is 6.54 Å². The van der Waals surface area contributed by atoms with Gasteiger partial charge in [0.1, 0.15) is 0 Å². The highest BCUT2D eigenvalue weighted by atomic mass is 16.1. The van der Waals surface area contributed by atoms with Crippen molar-refractivity contribution >= 4 is 12.0 Å². The minimum atomic E-state index is -0.324. The van der Waals surface area contributed by atoms with Gasteiger partial charge in [0.15, 0.2) is 0 Å². The van der Waals surface area contributed by atoms with Crippen molar-refractivity contribution in [3.05, 3.63) is 64.9 Å². The van der Waals surface area contributed by atoms with Crippen molar-refractivity contribution in [2.75, 3.05) is 6.54 Å². The first-order chi connectivity index (χ1) is 10.2. The minimum Gasteiger partial charge on any atom is -0.379 e. The van der Waals surface area contributed by atoms with Crippen LogP contribution in [0.1, 0.15) is 31.7 Å². The molecule has 21 heavy (non-hydrogen) atoms. The maximum atomic E-state index is 10.9. The minimum absolute atomic E-state index is 0.208. The van der Waals surface area contributed by atoms with E-state index in [-0.39, 0.29) is 12.5 Å². The van der Waals surface area contributed by atoms with Gasteiger partial charge in [-0.15, -0.1) is 0 Å². The Morgan fingerprint density at radius 3 is 2.76 bits per heavy atom. The van der Waals surface area contributed by atoms with Gasteiger partial charge in [0.2, 0.25) is 5.91 Å². The van der Waals surface area contributed by atoms with Gasteiger partial charge in [-0.1, -0.05) is 48.6 Å². The Kier molecular flexibility index (Phi) is 5.38. The predicted molar refractivity (Wildman–Crippen MR) is 87.3 cm³/mol. The largest absolute Gasteiger partial charge is 0.379 e. The van der Waals surface area contributed by atoms with Gasteiger partial charge in [-0.05, 0) is 42.9 Å². The number of nitrogens with two attached hydrogens (primary N) is 1. The summed E-state index contributed by atoms with van der Waals surface area (Å²) in [5.74, 6) is -0.324. The quantitative estimate of drug-likeness (QED) is 0.871. The van der Waals surface area contributed by atoms with Gasteiger partial charge in [-0.2, -0.15) is 0 Å². The van der Waals surface area contributed by atoms with Gasteiger partial charge < -0.3 is 11.1 Å². The molecule has 0 aromatic heterocycles. The van der Waals surface area contributed by atoms with Crippen LogP contribution in [-0.2, 0) is 4.79 Å². The van der Waals surface area contributed by atoms with Crippen LogP contribution in [0.3, 0.4) is 0 Å². The van der Waals surface area contributed by atoms with Gasteiger partial charge in [-0.25, -0.2) is 0 Å². The monoisotopic (exact) mass is 282 g/mol. The third-order valence-electron chi connectivity index (χ3n) is 3.67. The molecule has 1 amide bonds. The van der Waals surface area contributed by atoms with Crippen LogP contribution in [0.25, 0.3) is 6.08 Å². The van der Waals surface area contributed by atoms with Crippen molar-refractivity contribution in [1.29, 1.82) is 0 Å². The molecule has 0 unspecified atom stereocenters. The fourth-order valence-corrected chi connectivity index (χ4v) is 2.49. The van der Waals surface area contributed by atoms with E-state index in [1.807, 2.05) is 18.2 Å². The van der Waals surface area contributed by atoms with Crippen LogP contribution in [0.15, 0.2) is 59.3 Å². The second-order valence-electron chi connectivity index (χ2n) is 5.24. The third kappa shape index (κ3) is 4.63. The molecule has 0 spiro atoms. The molecule has 0 aliphatic heterocycles. The lowest BCUT2D eigenvalue weighted by Crippen LogP contribution is -2.29. The van der Waals surface area contributed by atoms with Crippen molar-refractivity contribution in [3.8, 4) is 0 Å². The summed E-state index contributed by atoms with van der Waals surface area (Å²) in [6.45, 7) is 2.31. The normalized spacial score (nSPS) is 17.5. The number of hydrogen-bond acceptors (Lipinski definition) is 2. The van der Waals surface area contributed by atoms with E-state index in [2.05, 4.69) is 42.6 Å². The molecule has 3 heteroatoms. The average molecular weight is 282 g/mol. The first-order valence-electron chi connectivity index (χ1n) is 7.31. The SMILES string of the molecule is CC1=C(NCC(N)=O)CCC/C1=C/C=C/c1ccccc1. The van der Waals surface area contributed by atoms with Crippen molar-refractivity contribution in [3.63, 3.8) is 0 Å². The first-order valence-corrected chi connectivity index (χ1v) is 7.31. The molecular weight excluding hydrogens is 260 g/mol. The molecule has 0 saturated heterocycles. The van der Waals surface area contributed by atoms with Crippen LogP contribution < -0.4 is 11.1 Å². The fourth-order valence-electron chi connectivity index (χ4n) is 2.49. The second-order valence-corrected chi connectivity index (χ2v) is 5.24. The number of primary amides is 1. The summed E-state index contributed by atoms with van der Waals surface area (Å²) in [7, 11) is 0. The number of carbonyl (C=O) groups excluding carboxylic acids is 1. The molecule has 1 aromatic rings. The summed E-state index contributed by atoms with van der Waals surface area (Å²) in [6, 6.07) is 10.2. The number of carbonyl (C=O) groups is 1. The molecule has 0 atom stereocenters. The van der Waals surface area contributed by atoms with Crippen molar-refractivity contribution in [2.24, 2.45) is 5.73 Å². The molecule has 0 fully saturated rings. The van der Waals surface area contributed by atoms with Gasteiger partial charge in [-0.3, -0.25) is 4.79 Å². The van der Waals surface area contributed by atoms with E-state index in [9.17, 15) is 4.79 Å². The third-order valence-corrected chi connectivity index (χ3v) is 3.67. The number of hydrogen-bond donors (Lipinski definition) is 2. The zero-order valence-electron chi connectivity index (χ0n) is 12.4. The molecule has 1 aromatic carbocycles. The zero-order valence-corrected chi connectivity index (χ0v) is 12.4. The maximum Gasteiger partial charge on any atom is 0.236 e. The maximum absolute atomic E-state index is 10.9. The zero-order chi connectivity index (χ0) is 15.1. The second kappa shape index (κ2) is 7.48. The van der Waals surface area contributed by atoms with Crippen molar-refractivity contribution < 1.29 is 4.79 Å². The Hall–Kier alpha value is -2.29. The standard InChI is InChI=1S/C18H22N2O/c1-14-16(10-5-9-15-7-3-2-4-8-15)11-6-12-17(14)20-13-18(19)21/h2-5,7-10,20H,6,11-13H2,1H3,(H2,19,21)/b9-5+,16-10-. The number of allylic oxidation sites excluding steroid dienone is 5. The van der Waals surface area contributed by atoms with Crippen LogP contribution in [0.2, 0.25) is 0 Å². The summed E-state index contributed by atoms with van der Waals surface area (Å²) < 4.78 is 0. The highest BCUT2D eigenvalue weighted by Crippen LogP contribution is 2.27. The van der Waals surface area contributed by atoms with E-state index in [4.69, 9.17) is 5.73 Å². The lowest BCUT2D eigenvalue weighted by atomic mass is 9.91. The number of rotatable bonds is 5. The van der Waals surface area contributed by atoms with Crippen LogP contribution in [0.4, 0.5) is 0 Å². The summed E-state index contributed by atoms with van der Waals surface area (Å²) in [5, 5.41) is 3.15. The first kappa shape index (κ1) is 15.1. The lowest BCUT2D eigenvalue weighted by molar-refractivity contribution is -0.117. The Morgan fingerprint density at radius 2 is 2.05 bits per heavy atom. The smallest absolute Gasteiger partial charge is 0.236 e. The van der Waals surface area contributed by atoms with E-state index in [1.165, 1.54) is 16.7 Å². The Balaban J connectivity index is 2.07. The van der Waals surface area contributed by atoms with Crippen molar-refractivity contribution in [1.82, 2.24) is 5.32 Å². The molecule has 3 N–H and O–H groups in total. The molecule has 1 aliphatic carbocycles. The van der Waals surface area contributed by atoms with Gasteiger partial charge in [0, 0.05) is 5.70 Å². The fraction of sp³-hybridized carbons (Fsp3) is 0.278. The number of benzene rings is 1. The molecule has 2 rings (SSSR count). The highest BCUT2D eigenvalue weighted by Gasteiger charge is 2.13. The molecule has 0 radical (unpaired) electrons. The van der Waals surface area contributed by atoms with Crippen LogP contribution in [0.5, 0.6) is 0 Å². The molecule has 3 nitrogen and oxygen atoms in total. The van der Waals surface area contributed by atoms with Crippen molar-refractivity contribution in [2.45, 2.75) is 26.2 Å². The van der Waals surface area contributed by atoms with E-state index in [1.54, 1.807) is 0 Å². The Bertz CT molecular complexity index is 582. The van der Waals surface area contributed by atoms with E-state index in [0.717, 1.165) is 25.0 Å². The topological polar surface area (TPSA) is 55.1 Å². The number of amides is 1. The van der Waals surface area contributed by atoms with Crippen LogP contribution >= 0.6 is 0 Å². The Labute approximate surface area is 126 Å². The summed E-state index contributed by atoms with van der Waals surface area (Å²) >= 11 is 0. The predicted octanol–water partition coefficient (Wildman–Crippen LogP) is 3.16. The van der Waals surface area contributed by atoms with E-state index < -0.39 is 0 Å². The van der Waals surface area contributed by atoms with E-state index >= 15 is 0 Å². The molecule has 0 saturated carbocycles.